The van der Waals surface area contributed by atoms with E-state index in [1.54, 1.807) is 6.07 Å². The number of piperazine rings is 1. The van der Waals surface area contributed by atoms with Crippen LogP contribution in [0.5, 0.6) is 0 Å². The zero-order chi connectivity index (χ0) is 14.3. The van der Waals surface area contributed by atoms with E-state index in [0.29, 0.717) is 18.0 Å². The molecule has 0 spiro atoms. The molecule has 2 atom stereocenters. The second kappa shape index (κ2) is 5.36. The maximum absolute atomic E-state index is 13.9. The van der Waals surface area contributed by atoms with Crippen LogP contribution in [0.15, 0.2) is 18.2 Å². The highest BCUT2D eigenvalue weighted by Crippen LogP contribution is 2.36. The molecule has 2 nitrogen and oxygen atoms in total. The molecule has 1 heterocycles. The molecule has 0 bridgehead atoms. The Morgan fingerprint density at radius 2 is 2.05 bits per heavy atom. The molecule has 2 fully saturated rings. The average Bonchev–Trinajstić information content (AvgIpc) is 3.25. The molecule has 1 aromatic carbocycles. The lowest BCUT2D eigenvalue weighted by atomic mass is 9.95. The maximum Gasteiger partial charge on any atom is 0.128 e. The van der Waals surface area contributed by atoms with Crippen LogP contribution in [0.4, 0.5) is 10.1 Å². The third kappa shape index (κ3) is 2.56. The van der Waals surface area contributed by atoms with Gasteiger partial charge < -0.3 is 10.2 Å². The van der Waals surface area contributed by atoms with E-state index in [0.717, 1.165) is 30.3 Å². The summed E-state index contributed by atoms with van der Waals surface area (Å²) in [5, 5.41) is 3.71. The molecule has 2 aliphatic rings. The summed E-state index contributed by atoms with van der Waals surface area (Å²) < 4.78 is 13.9. The number of nitrogens with one attached hydrogen (secondary N) is 1. The van der Waals surface area contributed by atoms with E-state index >= 15 is 0 Å². The van der Waals surface area contributed by atoms with Crippen molar-refractivity contribution in [2.45, 2.75) is 45.7 Å². The standard InChI is InChI=1S/C17H25FN2/c1-11(2)17-9-19-15(13-7-8-13)10-20(17)16-6-4-5-14(18)12(16)3/h4-6,11,13,15,17,19H,7-10H2,1-3H3. The van der Waals surface area contributed by atoms with Crippen molar-refractivity contribution in [3.8, 4) is 0 Å². The molecule has 110 valence electrons. The molecule has 0 amide bonds. The highest BCUT2D eigenvalue weighted by atomic mass is 19.1. The average molecular weight is 276 g/mol. The fraction of sp³-hybridized carbons (Fsp3) is 0.647. The van der Waals surface area contributed by atoms with Crippen LogP contribution in [-0.2, 0) is 0 Å². The predicted octanol–water partition coefficient (Wildman–Crippen LogP) is 3.35. The SMILES string of the molecule is Cc1c(F)cccc1N1CC(C2CC2)NCC1C(C)C. The van der Waals surface area contributed by atoms with Gasteiger partial charge >= 0.3 is 0 Å². The highest BCUT2D eigenvalue weighted by molar-refractivity contribution is 5.55. The lowest BCUT2D eigenvalue weighted by molar-refractivity contribution is 0.319. The fourth-order valence-electron chi connectivity index (χ4n) is 3.39. The van der Waals surface area contributed by atoms with Gasteiger partial charge in [0.1, 0.15) is 5.82 Å². The first kappa shape index (κ1) is 13.9. The summed E-state index contributed by atoms with van der Waals surface area (Å²) in [5.74, 6) is 1.30. The number of hydrogen-bond donors (Lipinski definition) is 1. The molecule has 3 rings (SSSR count). The number of anilines is 1. The molecule has 2 unspecified atom stereocenters. The molecule has 0 aromatic heterocycles. The van der Waals surface area contributed by atoms with Crippen LogP contribution in [0.2, 0.25) is 0 Å². The maximum atomic E-state index is 13.9. The molecule has 1 saturated heterocycles. The topological polar surface area (TPSA) is 15.3 Å². The first-order valence-electron chi connectivity index (χ1n) is 7.83. The predicted molar refractivity (Wildman–Crippen MR) is 81.6 cm³/mol. The molecular formula is C17H25FN2. The number of benzene rings is 1. The number of halogens is 1. The van der Waals surface area contributed by atoms with Gasteiger partial charge in [-0.3, -0.25) is 0 Å². The van der Waals surface area contributed by atoms with Gasteiger partial charge in [0.2, 0.25) is 0 Å². The Labute approximate surface area is 121 Å². The Morgan fingerprint density at radius 3 is 2.70 bits per heavy atom. The van der Waals surface area contributed by atoms with Gasteiger partial charge in [0, 0.05) is 36.4 Å². The van der Waals surface area contributed by atoms with Gasteiger partial charge in [-0.1, -0.05) is 19.9 Å². The van der Waals surface area contributed by atoms with Gasteiger partial charge in [0.05, 0.1) is 0 Å². The number of nitrogens with zero attached hydrogens (tertiary/aromatic N) is 1. The summed E-state index contributed by atoms with van der Waals surface area (Å²) in [6.07, 6.45) is 2.69. The van der Waals surface area contributed by atoms with Gasteiger partial charge in [-0.15, -0.1) is 0 Å². The smallest absolute Gasteiger partial charge is 0.128 e. The van der Waals surface area contributed by atoms with Crippen molar-refractivity contribution in [2.75, 3.05) is 18.0 Å². The zero-order valence-corrected chi connectivity index (χ0v) is 12.7. The van der Waals surface area contributed by atoms with Gasteiger partial charge in [0.25, 0.3) is 0 Å². The third-order valence-electron chi connectivity index (χ3n) is 4.89. The minimum Gasteiger partial charge on any atom is -0.365 e. The molecule has 3 heteroatoms. The van der Waals surface area contributed by atoms with Crippen LogP contribution in [0.1, 0.15) is 32.3 Å². The van der Waals surface area contributed by atoms with Crippen molar-refractivity contribution < 1.29 is 4.39 Å². The summed E-state index contributed by atoms with van der Waals surface area (Å²) >= 11 is 0. The number of rotatable bonds is 3. The van der Waals surface area contributed by atoms with Crippen LogP contribution in [-0.4, -0.2) is 25.2 Å². The summed E-state index contributed by atoms with van der Waals surface area (Å²) in [4.78, 5) is 2.45. The van der Waals surface area contributed by atoms with E-state index in [1.807, 2.05) is 13.0 Å². The summed E-state index contributed by atoms with van der Waals surface area (Å²) in [6, 6.07) is 6.49. The Kier molecular flexibility index (Phi) is 3.72. The van der Waals surface area contributed by atoms with E-state index < -0.39 is 0 Å². The molecule has 1 aliphatic carbocycles. The first-order chi connectivity index (χ1) is 9.58. The first-order valence-corrected chi connectivity index (χ1v) is 7.83. The minimum atomic E-state index is -0.0912. The van der Waals surface area contributed by atoms with Crippen LogP contribution in [0.3, 0.4) is 0 Å². The van der Waals surface area contributed by atoms with Crippen molar-refractivity contribution in [1.82, 2.24) is 5.32 Å². The van der Waals surface area contributed by atoms with E-state index in [-0.39, 0.29) is 5.82 Å². The van der Waals surface area contributed by atoms with Crippen molar-refractivity contribution in [2.24, 2.45) is 11.8 Å². The van der Waals surface area contributed by atoms with Crippen molar-refractivity contribution in [3.63, 3.8) is 0 Å². The van der Waals surface area contributed by atoms with E-state index in [4.69, 9.17) is 0 Å². The molecule has 20 heavy (non-hydrogen) atoms. The summed E-state index contributed by atoms with van der Waals surface area (Å²) in [6.45, 7) is 8.43. The van der Waals surface area contributed by atoms with Crippen LogP contribution in [0, 0.1) is 24.6 Å². The second-order valence-corrected chi connectivity index (χ2v) is 6.70. The van der Waals surface area contributed by atoms with Crippen molar-refractivity contribution in [1.29, 1.82) is 0 Å². The summed E-state index contributed by atoms with van der Waals surface area (Å²) in [7, 11) is 0. The Hall–Kier alpha value is -1.09. The molecule has 1 aromatic rings. The lowest BCUT2D eigenvalue weighted by Gasteiger charge is -2.44. The normalized spacial score (nSPS) is 27.1. The second-order valence-electron chi connectivity index (χ2n) is 6.70. The lowest BCUT2D eigenvalue weighted by Crippen LogP contribution is -2.59. The van der Waals surface area contributed by atoms with Crippen LogP contribution >= 0.6 is 0 Å². The highest BCUT2D eigenvalue weighted by Gasteiger charge is 2.38. The van der Waals surface area contributed by atoms with Crippen molar-refractivity contribution >= 4 is 5.69 Å². The Morgan fingerprint density at radius 1 is 1.30 bits per heavy atom. The monoisotopic (exact) mass is 276 g/mol. The molecular weight excluding hydrogens is 251 g/mol. The van der Waals surface area contributed by atoms with Gasteiger partial charge in [0.15, 0.2) is 0 Å². The van der Waals surface area contributed by atoms with E-state index in [2.05, 4.69) is 30.1 Å². The largest absolute Gasteiger partial charge is 0.365 e. The van der Waals surface area contributed by atoms with Gasteiger partial charge in [-0.25, -0.2) is 4.39 Å². The fourth-order valence-corrected chi connectivity index (χ4v) is 3.39. The quantitative estimate of drug-likeness (QED) is 0.911. The third-order valence-corrected chi connectivity index (χ3v) is 4.89. The minimum absolute atomic E-state index is 0.0912. The Bertz CT molecular complexity index is 482. The zero-order valence-electron chi connectivity index (χ0n) is 12.7. The van der Waals surface area contributed by atoms with Gasteiger partial charge in [-0.05, 0) is 43.7 Å². The molecule has 1 saturated carbocycles. The van der Waals surface area contributed by atoms with Crippen LogP contribution < -0.4 is 10.2 Å². The molecule has 1 aliphatic heterocycles. The van der Waals surface area contributed by atoms with Gasteiger partial charge in [-0.2, -0.15) is 0 Å². The van der Waals surface area contributed by atoms with E-state index in [9.17, 15) is 4.39 Å². The molecule has 1 N–H and O–H groups in total. The van der Waals surface area contributed by atoms with Crippen molar-refractivity contribution in [3.05, 3.63) is 29.6 Å². The number of hydrogen-bond acceptors (Lipinski definition) is 2. The molecule has 0 radical (unpaired) electrons. The van der Waals surface area contributed by atoms with Crippen LogP contribution in [0.25, 0.3) is 0 Å². The Balaban J connectivity index is 1.90. The summed E-state index contributed by atoms with van der Waals surface area (Å²) in [5.41, 5.74) is 1.87. The van der Waals surface area contributed by atoms with E-state index in [1.165, 1.54) is 12.8 Å².